The standard InChI is InChI=1S/C21H17FN6OS/c1-11-7-16-17(30-12(2)25-16)8-15(11)26-21-27-20(29)18-19(24-10-23-18)28(21)9-13-3-5-14(22)6-4-13/h3-8,10H,9H2,1-2H3,(H,23,24)(H,26,27,29). The lowest BCUT2D eigenvalue weighted by atomic mass is 10.2. The smallest absolute Gasteiger partial charge is 0.300 e. The number of fused-ring (bicyclic) bond motifs is 2. The Labute approximate surface area is 174 Å². The topological polar surface area (TPSA) is 88.5 Å². The molecule has 9 heteroatoms. The second kappa shape index (κ2) is 7.03. The molecule has 7 nitrogen and oxygen atoms in total. The van der Waals surface area contributed by atoms with Crippen molar-refractivity contribution in [3.05, 3.63) is 75.0 Å². The van der Waals surface area contributed by atoms with E-state index in [0.717, 1.165) is 32.0 Å². The summed E-state index contributed by atoms with van der Waals surface area (Å²) in [4.78, 5) is 28.4. The van der Waals surface area contributed by atoms with Crippen LogP contribution >= 0.6 is 11.3 Å². The minimum absolute atomic E-state index is 0.302. The monoisotopic (exact) mass is 420 g/mol. The van der Waals surface area contributed by atoms with Crippen LogP contribution in [0.2, 0.25) is 0 Å². The zero-order valence-electron chi connectivity index (χ0n) is 16.2. The van der Waals surface area contributed by atoms with Gasteiger partial charge in [0.05, 0.1) is 28.1 Å². The summed E-state index contributed by atoms with van der Waals surface area (Å²) in [5.74, 6) is 0.0661. The van der Waals surface area contributed by atoms with Crippen molar-refractivity contribution in [3.63, 3.8) is 0 Å². The molecule has 2 N–H and O–H groups in total. The molecule has 0 saturated heterocycles. The average Bonchev–Trinajstić information content (AvgIpc) is 3.33. The minimum Gasteiger partial charge on any atom is -0.339 e. The van der Waals surface area contributed by atoms with Crippen LogP contribution in [0.1, 0.15) is 16.1 Å². The van der Waals surface area contributed by atoms with Gasteiger partial charge in [0.15, 0.2) is 11.2 Å². The van der Waals surface area contributed by atoms with E-state index in [9.17, 15) is 9.18 Å². The lowest BCUT2D eigenvalue weighted by Crippen LogP contribution is -2.18. The average molecular weight is 420 g/mol. The Morgan fingerprint density at radius 2 is 1.97 bits per heavy atom. The molecule has 0 aliphatic heterocycles. The van der Waals surface area contributed by atoms with Crippen LogP contribution in [-0.2, 0) is 6.54 Å². The van der Waals surface area contributed by atoms with Crippen molar-refractivity contribution in [2.75, 3.05) is 5.32 Å². The maximum Gasteiger partial charge on any atom is 0.300 e. The molecule has 0 aliphatic carbocycles. The van der Waals surface area contributed by atoms with Gasteiger partial charge < -0.3 is 10.3 Å². The molecule has 150 valence electrons. The molecule has 3 aromatic heterocycles. The van der Waals surface area contributed by atoms with Crippen LogP contribution in [0.5, 0.6) is 0 Å². The molecule has 0 radical (unpaired) electrons. The molecule has 5 aromatic rings. The third-order valence-corrected chi connectivity index (χ3v) is 5.83. The first-order valence-corrected chi connectivity index (χ1v) is 10.1. The number of thiazole rings is 1. The number of rotatable bonds is 4. The summed E-state index contributed by atoms with van der Waals surface area (Å²) in [6.45, 7) is 4.32. The van der Waals surface area contributed by atoms with Crippen molar-refractivity contribution >= 4 is 44.4 Å². The predicted octanol–water partition coefficient (Wildman–Crippen LogP) is 4.28. The molecule has 0 bridgehead atoms. The van der Waals surface area contributed by atoms with E-state index in [1.54, 1.807) is 23.5 Å². The van der Waals surface area contributed by atoms with Gasteiger partial charge in [-0.3, -0.25) is 9.36 Å². The fourth-order valence-corrected chi connectivity index (χ4v) is 4.28. The number of aromatic amines is 1. The van der Waals surface area contributed by atoms with E-state index in [2.05, 4.69) is 25.3 Å². The van der Waals surface area contributed by atoms with Crippen molar-refractivity contribution in [2.24, 2.45) is 0 Å². The normalized spacial score (nSPS) is 11.4. The number of benzene rings is 2. The van der Waals surface area contributed by atoms with Gasteiger partial charge in [-0.15, -0.1) is 11.3 Å². The fourth-order valence-electron chi connectivity index (χ4n) is 3.43. The van der Waals surface area contributed by atoms with E-state index < -0.39 is 5.56 Å². The van der Waals surface area contributed by atoms with Crippen LogP contribution < -0.4 is 10.9 Å². The van der Waals surface area contributed by atoms with Crippen LogP contribution in [0.15, 0.2) is 47.5 Å². The molecule has 3 heterocycles. The molecule has 5 rings (SSSR count). The first-order valence-electron chi connectivity index (χ1n) is 9.31. The summed E-state index contributed by atoms with van der Waals surface area (Å²) in [5.41, 5.74) is 4.03. The summed E-state index contributed by atoms with van der Waals surface area (Å²) in [5, 5.41) is 4.29. The highest BCUT2D eigenvalue weighted by molar-refractivity contribution is 7.18. The van der Waals surface area contributed by atoms with Crippen LogP contribution in [0.3, 0.4) is 0 Å². The number of hydrogen-bond donors (Lipinski definition) is 2. The Hall–Kier alpha value is -3.59. The minimum atomic E-state index is -0.396. The summed E-state index contributed by atoms with van der Waals surface area (Å²) in [7, 11) is 0. The lowest BCUT2D eigenvalue weighted by Gasteiger charge is -2.16. The Bertz CT molecular complexity index is 1450. The molecule has 30 heavy (non-hydrogen) atoms. The van der Waals surface area contributed by atoms with Crippen LogP contribution in [0.25, 0.3) is 21.4 Å². The maximum atomic E-state index is 13.3. The number of H-pyrrole nitrogens is 1. The van der Waals surface area contributed by atoms with E-state index in [0.29, 0.717) is 23.7 Å². The molecular weight excluding hydrogens is 403 g/mol. The van der Waals surface area contributed by atoms with Crippen molar-refractivity contribution in [1.82, 2.24) is 24.5 Å². The third kappa shape index (κ3) is 3.22. The summed E-state index contributed by atoms with van der Waals surface area (Å²) >= 11 is 1.61. The van der Waals surface area contributed by atoms with E-state index in [1.807, 2.05) is 30.5 Å². The van der Waals surface area contributed by atoms with Gasteiger partial charge in [-0.2, -0.15) is 4.98 Å². The Morgan fingerprint density at radius 1 is 1.17 bits per heavy atom. The molecule has 0 amide bonds. The Balaban J connectivity index is 1.64. The number of imidazole rings is 1. The third-order valence-electron chi connectivity index (χ3n) is 4.89. The molecule has 0 unspecified atom stereocenters. The molecule has 2 aromatic carbocycles. The Morgan fingerprint density at radius 3 is 2.77 bits per heavy atom. The van der Waals surface area contributed by atoms with Gasteiger partial charge in [0.2, 0.25) is 5.95 Å². The molecule has 0 saturated carbocycles. The zero-order chi connectivity index (χ0) is 20.8. The lowest BCUT2D eigenvalue weighted by molar-refractivity contribution is 0.626. The van der Waals surface area contributed by atoms with Gasteiger partial charge in [-0.05, 0) is 49.2 Å². The zero-order valence-corrected chi connectivity index (χ0v) is 17.0. The highest BCUT2D eigenvalue weighted by atomic mass is 32.1. The highest BCUT2D eigenvalue weighted by Crippen LogP contribution is 2.29. The summed E-state index contributed by atoms with van der Waals surface area (Å²) in [6.07, 6.45) is 1.47. The largest absolute Gasteiger partial charge is 0.339 e. The molecule has 0 aliphatic rings. The number of aromatic nitrogens is 5. The Kier molecular flexibility index (Phi) is 4.32. The van der Waals surface area contributed by atoms with Crippen molar-refractivity contribution in [3.8, 4) is 0 Å². The van der Waals surface area contributed by atoms with Crippen molar-refractivity contribution in [2.45, 2.75) is 20.4 Å². The fraction of sp³-hybridized carbons (Fsp3) is 0.143. The second-order valence-corrected chi connectivity index (χ2v) is 8.28. The van der Waals surface area contributed by atoms with Gasteiger partial charge in [-0.25, -0.2) is 14.4 Å². The number of anilines is 2. The van der Waals surface area contributed by atoms with E-state index in [1.165, 1.54) is 18.5 Å². The number of nitrogens with one attached hydrogen (secondary N) is 2. The number of halogens is 1. The number of hydrogen-bond acceptors (Lipinski definition) is 6. The van der Waals surface area contributed by atoms with E-state index >= 15 is 0 Å². The van der Waals surface area contributed by atoms with Crippen LogP contribution in [0, 0.1) is 19.7 Å². The summed E-state index contributed by atoms with van der Waals surface area (Å²) in [6, 6.07) is 10.2. The van der Waals surface area contributed by atoms with Gasteiger partial charge in [0.25, 0.3) is 0 Å². The van der Waals surface area contributed by atoms with Crippen molar-refractivity contribution in [1.29, 1.82) is 0 Å². The van der Waals surface area contributed by atoms with Crippen LogP contribution in [0.4, 0.5) is 16.0 Å². The van der Waals surface area contributed by atoms with Crippen LogP contribution in [-0.4, -0.2) is 24.5 Å². The van der Waals surface area contributed by atoms with Gasteiger partial charge in [0, 0.05) is 5.69 Å². The number of nitrogens with zero attached hydrogens (tertiary/aromatic N) is 4. The second-order valence-electron chi connectivity index (χ2n) is 7.05. The van der Waals surface area contributed by atoms with Crippen molar-refractivity contribution < 1.29 is 4.39 Å². The molecular formula is C21H17FN6OS. The first-order chi connectivity index (χ1) is 14.5. The van der Waals surface area contributed by atoms with Gasteiger partial charge in [0.1, 0.15) is 5.82 Å². The molecule has 0 atom stereocenters. The number of aryl methyl sites for hydroxylation is 2. The summed E-state index contributed by atoms with van der Waals surface area (Å²) < 4.78 is 16.2. The van der Waals surface area contributed by atoms with Gasteiger partial charge >= 0.3 is 5.56 Å². The molecule has 0 fully saturated rings. The van der Waals surface area contributed by atoms with E-state index in [-0.39, 0.29) is 5.82 Å². The van der Waals surface area contributed by atoms with Gasteiger partial charge in [-0.1, -0.05) is 12.1 Å². The van der Waals surface area contributed by atoms with E-state index in [4.69, 9.17) is 0 Å². The predicted molar refractivity (Wildman–Crippen MR) is 116 cm³/mol. The SMILES string of the molecule is Cc1nc2cc(C)c(Nc3nc(=O)c4[nH]cnc4n3Cc3ccc(F)cc3)cc2s1. The molecule has 0 spiro atoms. The quantitative estimate of drug-likeness (QED) is 0.453. The maximum absolute atomic E-state index is 13.3. The highest BCUT2D eigenvalue weighted by Gasteiger charge is 2.15. The first kappa shape index (κ1) is 18.4.